The number of furan rings is 1. The van der Waals surface area contributed by atoms with Crippen LogP contribution in [0.3, 0.4) is 0 Å². The highest BCUT2D eigenvalue weighted by atomic mass is 16.3. The Morgan fingerprint density at radius 3 is 1.61 bits per heavy atom. The highest BCUT2D eigenvalue weighted by molar-refractivity contribution is 6.23. The van der Waals surface area contributed by atoms with Gasteiger partial charge in [-0.3, -0.25) is 0 Å². The Bertz CT molecular complexity index is 3610. The molecule has 0 radical (unpaired) electrons. The fraction of sp³-hybridized carbons (Fsp3) is 0. The summed E-state index contributed by atoms with van der Waals surface area (Å²) in [4.78, 5) is 15.5. The average molecular weight is 752 g/mol. The molecule has 274 valence electrons. The first-order valence-corrected chi connectivity index (χ1v) is 19.9. The van der Waals surface area contributed by atoms with Crippen LogP contribution in [0.2, 0.25) is 0 Å². The summed E-state index contributed by atoms with van der Waals surface area (Å²) in [6.07, 6.45) is 0. The molecule has 0 unspecified atom stereocenters. The minimum absolute atomic E-state index is 0.623. The summed E-state index contributed by atoms with van der Waals surface area (Å²) in [7, 11) is 0. The fourth-order valence-electron chi connectivity index (χ4n) is 9.00. The topological polar surface area (TPSA) is 51.8 Å². The maximum absolute atomic E-state index is 6.29. The molecular weight excluding hydrogens is 719 g/mol. The minimum atomic E-state index is 0.623. The maximum atomic E-state index is 6.29. The van der Waals surface area contributed by atoms with Gasteiger partial charge in [0.2, 0.25) is 0 Å². The lowest BCUT2D eigenvalue weighted by Crippen LogP contribution is -2.00. The number of benzene rings is 10. The lowest BCUT2D eigenvalue weighted by atomic mass is 9.90. The van der Waals surface area contributed by atoms with Crippen LogP contribution >= 0.6 is 0 Å². The van der Waals surface area contributed by atoms with Gasteiger partial charge < -0.3 is 4.42 Å². The van der Waals surface area contributed by atoms with E-state index >= 15 is 0 Å². The zero-order chi connectivity index (χ0) is 38.9. The second-order valence-electron chi connectivity index (χ2n) is 15.1. The Kier molecular flexibility index (Phi) is 7.50. The molecule has 0 aliphatic rings. The van der Waals surface area contributed by atoms with Gasteiger partial charge in [0.1, 0.15) is 11.2 Å². The largest absolute Gasteiger partial charge is 0.456 e. The molecule has 12 rings (SSSR count). The van der Waals surface area contributed by atoms with Gasteiger partial charge in [-0.2, -0.15) is 0 Å². The van der Waals surface area contributed by atoms with Crippen molar-refractivity contribution in [3.05, 3.63) is 200 Å². The summed E-state index contributed by atoms with van der Waals surface area (Å²) in [5.41, 5.74) is 9.15. The lowest BCUT2D eigenvalue weighted by Gasteiger charge is -2.14. The normalized spacial score (nSPS) is 11.7. The Morgan fingerprint density at radius 1 is 0.271 bits per heavy atom. The minimum Gasteiger partial charge on any atom is -0.456 e. The first-order valence-electron chi connectivity index (χ1n) is 19.9. The summed E-state index contributed by atoms with van der Waals surface area (Å²) >= 11 is 0. The van der Waals surface area contributed by atoms with Gasteiger partial charge in [0.25, 0.3) is 0 Å². The number of hydrogen-bond acceptors (Lipinski definition) is 4. The highest BCUT2D eigenvalue weighted by Crippen LogP contribution is 2.42. The third-order valence-corrected chi connectivity index (χ3v) is 11.7. The summed E-state index contributed by atoms with van der Waals surface area (Å²) in [6, 6.07) is 70.5. The van der Waals surface area contributed by atoms with Crippen molar-refractivity contribution in [3.8, 4) is 56.4 Å². The van der Waals surface area contributed by atoms with Crippen molar-refractivity contribution in [2.45, 2.75) is 0 Å². The molecule has 2 aromatic heterocycles. The van der Waals surface area contributed by atoms with E-state index in [4.69, 9.17) is 19.4 Å². The van der Waals surface area contributed by atoms with Crippen molar-refractivity contribution in [3.63, 3.8) is 0 Å². The van der Waals surface area contributed by atoms with E-state index in [0.717, 1.165) is 66.1 Å². The second kappa shape index (κ2) is 13.3. The number of hydrogen-bond donors (Lipinski definition) is 0. The monoisotopic (exact) mass is 751 g/mol. The molecule has 0 atom stereocenters. The van der Waals surface area contributed by atoms with Gasteiger partial charge in [0.05, 0.1) is 0 Å². The lowest BCUT2D eigenvalue weighted by molar-refractivity contribution is 0.669. The maximum Gasteiger partial charge on any atom is 0.164 e. The highest BCUT2D eigenvalue weighted by Gasteiger charge is 2.19. The molecule has 0 fully saturated rings. The Hall–Kier alpha value is -7.95. The molecule has 4 nitrogen and oxygen atoms in total. The van der Waals surface area contributed by atoms with E-state index in [9.17, 15) is 0 Å². The van der Waals surface area contributed by atoms with Crippen LogP contribution in [0, 0.1) is 0 Å². The molecular formula is C55H33N3O. The van der Waals surface area contributed by atoms with Crippen LogP contribution in [0.5, 0.6) is 0 Å². The second-order valence-corrected chi connectivity index (χ2v) is 15.1. The Morgan fingerprint density at radius 2 is 0.797 bits per heavy atom. The number of aromatic nitrogens is 3. The molecule has 2 heterocycles. The summed E-state index contributed by atoms with van der Waals surface area (Å²) in [5, 5.41) is 11.9. The third kappa shape index (κ3) is 5.42. The fourth-order valence-corrected chi connectivity index (χ4v) is 9.00. The molecule has 0 bridgehead atoms. The number of para-hydroxylation sites is 1. The molecule has 0 saturated carbocycles. The zero-order valence-electron chi connectivity index (χ0n) is 31.8. The smallest absolute Gasteiger partial charge is 0.164 e. The van der Waals surface area contributed by atoms with E-state index in [1.54, 1.807) is 0 Å². The van der Waals surface area contributed by atoms with Crippen LogP contribution in [0.25, 0.3) is 121 Å². The summed E-state index contributed by atoms with van der Waals surface area (Å²) < 4.78 is 6.29. The van der Waals surface area contributed by atoms with Crippen LogP contribution < -0.4 is 0 Å². The van der Waals surface area contributed by atoms with Crippen molar-refractivity contribution in [1.29, 1.82) is 0 Å². The number of rotatable bonds is 5. The van der Waals surface area contributed by atoms with Crippen molar-refractivity contribution in [2.75, 3.05) is 0 Å². The van der Waals surface area contributed by atoms with E-state index < -0.39 is 0 Å². The van der Waals surface area contributed by atoms with Crippen LogP contribution in [0.15, 0.2) is 205 Å². The number of nitrogens with zero attached hydrogens (tertiary/aromatic N) is 3. The van der Waals surface area contributed by atoms with Gasteiger partial charge in [-0.1, -0.05) is 182 Å². The van der Waals surface area contributed by atoms with E-state index in [1.807, 2.05) is 36.4 Å². The number of fused-ring (bicyclic) bond motifs is 9. The zero-order valence-corrected chi connectivity index (χ0v) is 31.8. The SMILES string of the molecule is c1ccc(-c2nc(-c3ccc(-c4cc5ccc6ccccc6c5c5ccccc45)cc3)nc(-c3cccc4c(-c5cccc6oc7ccccc7c56)cccc34)n2)cc1. The summed E-state index contributed by atoms with van der Waals surface area (Å²) in [5.74, 6) is 1.88. The Balaban J connectivity index is 1.00. The molecule has 10 aromatic carbocycles. The van der Waals surface area contributed by atoms with Gasteiger partial charge in [-0.05, 0) is 83.5 Å². The van der Waals surface area contributed by atoms with E-state index in [-0.39, 0.29) is 0 Å². The standard InChI is InChI=1S/C55H33N3O/c1-2-14-36(15-3-1)53-56-54(37-30-27-35(28-31-37)48-33-38-32-29-34-13-4-5-16-39(34)51(38)44-18-7-6-17-43(44)48)58-55(57-53)46-24-11-20-40-41(21-10-22-42(40)46)45-23-12-26-50-52(45)47-19-8-9-25-49(47)59-50/h1-33H. The van der Waals surface area contributed by atoms with Gasteiger partial charge in [0.15, 0.2) is 17.5 Å². The quantitative estimate of drug-likeness (QED) is 0.164. The van der Waals surface area contributed by atoms with Gasteiger partial charge in [-0.25, -0.2) is 15.0 Å². The van der Waals surface area contributed by atoms with Crippen LogP contribution in [-0.4, -0.2) is 15.0 Å². The molecule has 0 spiro atoms. The van der Waals surface area contributed by atoms with Crippen molar-refractivity contribution in [1.82, 2.24) is 15.0 Å². The molecule has 12 aromatic rings. The molecule has 0 aliphatic carbocycles. The first kappa shape index (κ1) is 33.2. The van der Waals surface area contributed by atoms with E-state index in [0.29, 0.717) is 17.5 Å². The molecule has 0 aliphatic heterocycles. The molecule has 0 amide bonds. The van der Waals surface area contributed by atoms with E-state index in [2.05, 4.69) is 164 Å². The van der Waals surface area contributed by atoms with Gasteiger partial charge >= 0.3 is 0 Å². The summed E-state index contributed by atoms with van der Waals surface area (Å²) in [6.45, 7) is 0. The van der Waals surface area contributed by atoms with Crippen molar-refractivity contribution in [2.24, 2.45) is 0 Å². The van der Waals surface area contributed by atoms with Crippen molar-refractivity contribution < 1.29 is 4.42 Å². The van der Waals surface area contributed by atoms with Gasteiger partial charge in [-0.15, -0.1) is 0 Å². The van der Waals surface area contributed by atoms with Crippen LogP contribution in [0.1, 0.15) is 0 Å². The van der Waals surface area contributed by atoms with Crippen molar-refractivity contribution >= 4 is 65.0 Å². The Labute approximate surface area is 339 Å². The third-order valence-electron chi connectivity index (χ3n) is 11.7. The van der Waals surface area contributed by atoms with Crippen LogP contribution in [-0.2, 0) is 0 Å². The molecule has 0 saturated heterocycles. The predicted octanol–water partition coefficient (Wildman–Crippen LogP) is 14.7. The van der Waals surface area contributed by atoms with Crippen LogP contribution in [0.4, 0.5) is 0 Å². The van der Waals surface area contributed by atoms with Gasteiger partial charge in [0, 0.05) is 27.5 Å². The first-order chi connectivity index (χ1) is 29.2. The average Bonchev–Trinajstić information content (AvgIpc) is 3.70. The molecule has 0 N–H and O–H groups in total. The molecule has 59 heavy (non-hydrogen) atoms. The van der Waals surface area contributed by atoms with E-state index in [1.165, 1.54) is 37.9 Å². The predicted molar refractivity (Wildman–Crippen MR) is 244 cm³/mol. The molecule has 4 heteroatoms.